The van der Waals surface area contributed by atoms with Crippen molar-refractivity contribution in [3.8, 4) is 0 Å². The van der Waals surface area contributed by atoms with E-state index in [4.69, 9.17) is 0 Å². The largest absolute Gasteiger partial charge is 0.0996 e. The Morgan fingerprint density at radius 3 is 2.08 bits per heavy atom. The van der Waals surface area contributed by atoms with Gasteiger partial charge in [0, 0.05) is 5.41 Å². The quantitative estimate of drug-likeness (QED) is 0.516. The molecule has 12 heavy (non-hydrogen) atoms. The molecule has 0 bridgehead atoms. The van der Waals surface area contributed by atoms with Gasteiger partial charge < -0.3 is 0 Å². The second-order valence-corrected chi connectivity index (χ2v) is 4.80. The minimum Gasteiger partial charge on any atom is -0.0996 e. The van der Waals surface area contributed by atoms with E-state index < -0.39 is 0 Å². The number of allylic oxidation sites excluding steroid dienone is 2. The van der Waals surface area contributed by atoms with Crippen LogP contribution in [0.15, 0.2) is 24.3 Å². The van der Waals surface area contributed by atoms with Crippen molar-refractivity contribution in [1.82, 2.24) is 0 Å². The van der Waals surface area contributed by atoms with Crippen molar-refractivity contribution in [2.24, 2.45) is 10.8 Å². The van der Waals surface area contributed by atoms with Crippen molar-refractivity contribution >= 4 is 0 Å². The lowest BCUT2D eigenvalue weighted by atomic mass is 9.39. The lowest BCUT2D eigenvalue weighted by molar-refractivity contribution is -0.0449. The van der Waals surface area contributed by atoms with Crippen LogP contribution in [0, 0.1) is 10.8 Å². The average Bonchev–Trinajstić information content (AvgIpc) is 1.98. The first-order valence-electron chi connectivity index (χ1n) is 4.87. The van der Waals surface area contributed by atoms with Crippen molar-refractivity contribution < 1.29 is 0 Å². The third-order valence-electron chi connectivity index (χ3n) is 4.58. The zero-order valence-electron chi connectivity index (χ0n) is 8.24. The lowest BCUT2D eigenvalue weighted by Gasteiger charge is -2.65. The van der Waals surface area contributed by atoms with Crippen molar-refractivity contribution in [2.45, 2.75) is 39.5 Å². The molecule has 2 unspecified atom stereocenters. The van der Waals surface area contributed by atoms with Crippen LogP contribution in [0.3, 0.4) is 0 Å². The topological polar surface area (TPSA) is 0 Å². The van der Waals surface area contributed by atoms with Crippen LogP contribution in [0.5, 0.6) is 0 Å². The second-order valence-electron chi connectivity index (χ2n) is 4.80. The molecule has 0 heteroatoms. The maximum absolute atomic E-state index is 4.17. The Kier molecular flexibility index (Phi) is 1.38. The van der Waals surface area contributed by atoms with Gasteiger partial charge in [0.15, 0.2) is 0 Å². The molecule has 2 saturated carbocycles. The lowest BCUT2D eigenvalue weighted by Crippen LogP contribution is -2.55. The zero-order valence-corrected chi connectivity index (χ0v) is 8.24. The summed E-state index contributed by atoms with van der Waals surface area (Å²) in [4.78, 5) is 0. The minimum absolute atomic E-state index is 0.391. The number of hydrogen-bond donors (Lipinski definition) is 0. The van der Waals surface area contributed by atoms with Gasteiger partial charge in [-0.15, -0.1) is 0 Å². The van der Waals surface area contributed by atoms with Crippen LogP contribution in [0.2, 0.25) is 0 Å². The predicted octanol–water partition coefficient (Wildman–Crippen LogP) is 3.70. The Morgan fingerprint density at radius 1 is 1.33 bits per heavy atom. The Hall–Kier alpha value is -0.520. The van der Waals surface area contributed by atoms with Crippen LogP contribution in [-0.2, 0) is 0 Å². The van der Waals surface area contributed by atoms with E-state index in [9.17, 15) is 0 Å². The number of rotatable bonds is 1. The van der Waals surface area contributed by atoms with Crippen molar-refractivity contribution in [3.05, 3.63) is 24.3 Å². The van der Waals surface area contributed by atoms with Gasteiger partial charge in [-0.05, 0) is 38.0 Å². The molecule has 2 atom stereocenters. The fourth-order valence-electron chi connectivity index (χ4n) is 3.00. The molecule has 0 nitrogen and oxygen atoms in total. The third-order valence-corrected chi connectivity index (χ3v) is 4.58. The van der Waals surface area contributed by atoms with Gasteiger partial charge in [0.1, 0.15) is 0 Å². The van der Waals surface area contributed by atoms with E-state index in [-0.39, 0.29) is 0 Å². The third kappa shape index (κ3) is 0.608. The molecular weight excluding hydrogens is 144 g/mol. The van der Waals surface area contributed by atoms with Gasteiger partial charge in [-0.3, -0.25) is 0 Å². The smallest absolute Gasteiger partial charge is 0.000328 e. The number of hydrogen-bond acceptors (Lipinski definition) is 0. The van der Waals surface area contributed by atoms with Crippen LogP contribution >= 0.6 is 0 Å². The highest BCUT2D eigenvalue weighted by atomic mass is 14.6. The summed E-state index contributed by atoms with van der Waals surface area (Å²) in [6.07, 6.45) is 5.29. The van der Waals surface area contributed by atoms with Gasteiger partial charge in [0.05, 0.1) is 0 Å². The van der Waals surface area contributed by atoms with Crippen LogP contribution in [0.1, 0.15) is 39.5 Å². The molecule has 0 heterocycles. The van der Waals surface area contributed by atoms with E-state index in [2.05, 4.69) is 27.0 Å². The average molecular weight is 162 g/mol. The highest BCUT2D eigenvalue weighted by Gasteiger charge is 2.60. The fourth-order valence-corrected chi connectivity index (χ4v) is 3.00. The first-order valence-corrected chi connectivity index (χ1v) is 4.87. The zero-order chi connectivity index (χ0) is 8.98. The molecule has 0 aliphatic heterocycles. The van der Waals surface area contributed by atoms with Gasteiger partial charge in [0.2, 0.25) is 0 Å². The summed E-state index contributed by atoms with van der Waals surface area (Å²) in [6.45, 7) is 12.8. The molecule has 0 radical (unpaired) electrons. The highest BCUT2D eigenvalue weighted by Crippen LogP contribution is 2.71. The summed E-state index contributed by atoms with van der Waals surface area (Å²) < 4.78 is 0. The Morgan fingerprint density at radius 2 is 2.00 bits per heavy atom. The maximum atomic E-state index is 4.17. The van der Waals surface area contributed by atoms with E-state index in [1.54, 1.807) is 0 Å². The van der Waals surface area contributed by atoms with Crippen LogP contribution in [-0.4, -0.2) is 0 Å². The molecule has 0 aromatic carbocycles. The molecule has 66 valence electrons. The molecule has 0 saturated heterocycles. The molecular formula is C12H18. The molecule has 2 fully saturated rings. The van der Waals surface area contributed by atoms with Crippen molar-refractivity contribution in [3.63, 3.8) is 0 Å². The molecule has 0 aromatic heterocycles. The van der Waals surface area contributed by atoms with Crippen LogP contribution in [0.4, 0.5) is 0 Å². The van der Waals surface area contributed by atoms with E-state index in [1.807, 2.05) is 0 Å². The monoisotopic (exact) mass is 162 g/mol. The highest BCUT2D eigenvalue weighted by molar-refractivity contribution is 5.35. The summed E-state index contributed by atoms with van der Waals surface area (Å²) in [5.41, 5.74) is 3.72. The Labute approximate surface area is 75.4 Å². The SMILES string of the molecule is C=C(C)C1(C)CCC12CCC2=C. The first kappa shape index (κ1) is 8.10. The van der Waals surface area contributed by atoms with Gasteiger partial charge in [0.25, 0.3) is 0 Å². The van der Waals surface area contributed by atoms with Gasteiger partial charge in [-0.2, -0.15) is 0 Å². The fraction of sp³-hybridized carbons (Fsp3) is 0.667. The summed E-state index contributed by atoms with van der Waals surface area (Å²) in [5, 5.41) is 0. The van der Waals surface area contributed by atoms with E-state index >= 15 is 0 Å². The molecule has 0 amide bonds. The van der Waals surface area contributed by atoms with E-state index in [1.165, 1.54) is 36.8 Å². The standard InChI is InChI=1S/C12H18/c1-9(2)11(4)7-8-12(11)6-5-10(12)3/h1,3,5-8H2,2,4H3. The first-order chi connectivity index (χ1) is 5.53. The van der Waals surface area contributed by atoms with Gasteiger partial charge in [-0.1, -0.05) is 31.2 Å². The minimum atomic E-state index is 0.391. The molecule has 2 rings (SSSR count). The molecule has 2 aliphatic rings. The Balaban J connectivity index is 2.30. The van der Waals surface area contributed by atoms with E-state index in [0.29, 0.717) is 10.8 Å². The predicted molar refractivity (Wildman–Crippen MR) is 53.0 cm³/mol. The van der Waals surface area contributed by atoms with Crippen molar-refractivity contribution in [1.29, 1.82) is 0 Å². The molecule has 1 spiro atoms. The maximum Gasteiger partial charge on any atom is 0.000328 e. The molecule has 0 aromatic rings. The van der Waals surface area contributed by atoms with Crippen molar-refractivity contribution in [2.75, 3.05) is 0 Å². The van der Waals surface area contributed by atoms with Crippen LogP contribution in [0.25, 0.3) is 0 Å². The summed E-state index contributed by atoms with van der Waals surface area (Å²) in [6, 6.07) is 0. The Bertz CT molecular complexity index is 242. The molecule has 0 N–H and O–H groups in total. The summed E-state index contributed by atoms with van der Waals surface area (Å²) in [7, 11) is 0. The summed E-state index contributed by atoms with van der Waals surface area (Å²) in [5.74, 6) is 0. The van der Waals surface area contributed by atoms with Gasteiger partial charge in [-0.25, -0.2) is 0 Å². The van der Waals surface area contributed by atoms with Gasteiger partial charge >= 0.3 is 0 Å². The van der Waals surface area contributed by atoms with Crippen LogP contribution < -0.4 is 0 Å². The summed E-state index contributed by atoms with van der Waals surface area (Å²) >= 11 is 0. The van der Waals surface area contributed by atoms with E-state index in [0.717, 1.165) is 0 Å². The normalized spacial score (nSPS) is 45.3. The molecule has 2 aliphatic carbocycles. The second kappa shape index (κ2) is 2.04.